The van der Waals surface area contributed by atoms with E-state index in [1.807, 2.05) is 54.0 Å². The van der Waals surface area contributed by atoms with Crippen LogP contribution in [0.5, 0.6) is 5.75 Å². The Labute approximate surface area is 214 Å². The molecule has 0 aliphatic carbocycles. The van der Waals surface area contributed by atoms with Gasteiger partial charge in [-0.15, -0.1) is 0 Å². The Morgan fingerprint density at radius 2 is 1.81 bits per heavy atom. The number of hydrogen-bond acceptors (Lipinski definition) is 6. The molecule has 3 aromatic carbocycles. The summed E-state index contributed by atoms with van der Waals surface area (Å²) < 4.78 is 33.8. The third-order valence-electron chi connectivity index (χ3n) is 6.07. The molecule has 0 saturated carbocycles. The van der Waals surface area contributed by atoms with Gasteiger partial charge in [-0.2, -0.15) is 16.1 Å². The first-order chi connectivity index (χ1) is 17.2. The molecule has 0 bridgehead atoms. The molecule has 2 N–H and O–H groups in total. The van der Waals surface area contributed by atoms with E-state index in [0.29, 0.717) is 5.75 Å². The fourth-order valence-electron chi connectivity index (χ4n) is 4.20. The highest BCUT2D eigenvalue weighted by Gasteiger charge is 2.45. The van der Waals surface area contributed by atoms with E-state index in [-0.39, 0.29) is 23.1 Å². The molecular formula is C25H27N3O6S2. The van der Waals surface area contributed by atoms with Crippen molar-refractivity contribution >= 4 is 44.6 Å². The smallest absolute Gasteiger partial charge is 0.423 e. The van der Waals surface area contributed by atoms with Crippen LogP contribution in [0.3, 0.4) is 0 Å². The molecule has 1 saturated heterocycles. The number of amides is 2. The van der Waals surface area contributed by atoms with Crippen LogP contribution < -0.4 is 10.2 Å². The number of carbonyl (C=O) groups is 2. The number of methoxy groups -OCH3 is 1. The van der Waals surface area contributed by atoms with Gasteiger partial charge < -0.3 is 9.84 Å². The molecule has 1 aliphatic rings. The van der Waals surface area contributed by atoms with Gasteiger partial charge in [0.05, 0.1) is 12.0 Å². The summed E-state index contributed by atoms with van der Waals surface area (Å²) in [5, 5.41) is 11.4. The number of benzene rings is 3. The fourth-order valence-corrected chi connectivity index (χ4v) is 7.17. The lowest BCUT2D eigenvalue weighted by atomic mass is 10.1. The van der Waals surface area contributed by atoms with Crippen molar-refractivity contribution in [2.45, 2.75) is 28.4 Å². The molecular weight excluding hydrogens is 502 g/mol. The van der Waals surface area contributed by atoms with Crippen molar-refractivity contribution < 1.29 is 27.9 Å². The highest BCUT2D eigenvalue weighted by Crippen LogP contribution is 2.35. The molecule has 1 aliphatic heterocycles. The summed E-state index contributed by atoms with van der Waals surface area (Å²) in [7, 11) is -1.16. The van der Waals surface area contributed by atoms with Gasteiger partial charge in [-0.1, -0.05) is 42.5 Å². The maximum atomic E-state index is 13.7. The minimum absolute atomic E-state index is 0.0913. The van der Waals surface area contributed by atoms with E-state index in [1.165, 1.54) is 17.4 Å². The van der Waals surface area contributed by atoms with E-state index in [9.17, 15) is 18.0 Å². The maximum Gasteiger partial charge on any atom is 0.423 e. The topological polar surface area (TPSA) is 116 Å². The van der Waals surface area contributed by atoms with Gasteiger partial charge in [0.2, 0.25) is 10.0 Å². The first-order valence-electron chi connectivity index (χ1n) is 11.2. The van der Waals surface area contributed by atoms with Gasteiger partial charge in [0.25, 0.3) is 5.91 Å². The third-order valence-corrected chi connectivity index (χ3v) is 9.25. The van der Waals surface area contributed by atoms with Gasteiger partial charge in [-0.05, 0) is 47.0 Å². The van der Waals surface area contributed by atoms with Gasteiger partial charge in [-0.3, -0.25) is 9.80 Å². The number of sulfonamides is 1. The lowest BCUT2D eigenvalue weighted by molar-refractivity contribution is -0.135. The quantitative estimate of drug-likeness (QED) is 0.450. The molecule has 190 valence electrons. The zero-order valence-corrected chi connectivity index (χ0v) is 21.5. The van der Waals surface area contributed by atoms with Crippen molar-refractivity contribution in [3.05, 3.63) is 72.3 Å². The van der Waals surface area contributed by atoms with Gasteiger partial charge in [-0.25, -0.2) is 18.6 Å². The van der Waals surface area contributed by atoms with Crippen LogP contribution >= 0.6 is 11.8 Å². The average molecular weight is 530 g/mol. The second-order valence-electron chi connectivity index (χ2n) is 8.43. The van der Waals surface area contributed by atoms with Gasteiger partial charge in [0, 0.05) is 24.6 Å². The standard InChI is InChI=1S/C25H27N3O6S2/c1-27(26-25(30)31)24(29)23-14-21(35-16-17-7-10-20(34-2)11-8-17)15-28(23)36(32,33)22-12-9-18-5-3-4-6-19(18)13-22/h3-13,21,23,26H,14-16H2,1-2H3,(H,30,31). The Hall–Kier alpha value is -3.28. The number of carbonyl (C=O) groups excluding carboxylic acids is 1. The number of thioether (sulfide) groups is 1. The van der Waals surface area contributed by atoms with Crippen LogP contribution in [-0.4, -0.2) is 66.8 Å². The first kappa shape index (κ1) is 25.8. The summed E-state index contributed by atoms with van der Waals surface area (Å²) in [4.78, 5) is 24.3. The highest BCUT2D eigenvalue weighted by atomic mass is 32.2. The zero-order chi connectivity index (χ0) is 25.9. The Morgan fingerprint density at radius 3 is 2.47 bits per heavy atom. The third kappa shape index (κ3) is 5.58. The van der Waals surface area contributed by atoms with Crippen LogP contribution in [0, 0.1) is 0 Å². The molecule has 1 fully saturated rings. The second kappa shape index (κ2) is 10.8. The molecule has 0 aromatic heterocycles. The minimum Gasteiger partial charge on any atom is -0.497 e. The predicted octanol–water partition coefficient (Wildman–Crippen LogP) is 3.55. The maximum absolute atomic E-state index is 13.7. The molecule has 36 heavy (non-hydrogen) atoms. The number of hydrogen-bond donors (Lipinski definition) is 2. The fraction of sp³-hybridized carbons (Fsp3) is 0.280. The average Bonchev–Trinajstić information content (AvgIpc) is 3.31. The van der Waals surface area contributed by atoms with Crippen molar-refractivity contribution in [2.24, 2.45) is 0 Å². The predicted molar refractivity (Wildman–Crippen MR) is 138 cm³/mol. The van der Waals surface area contributed by atoms with E-state index < -0.39 is 28.1 Å². The lowest BCUT2D eigenvalue weighted by Gasteiger charge is -2.26. The number of hydrazine groups is 1. The van der Waals surface area contributed by atoms with E-state index in [2.05, 4.69) is 0 Å². The number of fused-ring (bicyclic) bond motifs is 1. The van der Waals surface area contributed by atoms with Gasteiger partial charge in [0.1, 0.15) is 11.8 Å². The van der Waals surface area contributed by atoms with Crippen LogP contribution in [0.1, 0.15) is 12.0 Å². The summed E-state index contributed by atoms with van der Waals surface area (Å²) in [5.74, 6) is 0.744. The molecule has 0 spiro atoms. The molecule has 4 rings (SSSR count). The SMILES string of the molecule is COc1ccc(CSC2CC(C(=O)N(C)NC(=O)O)N(S(=O)(=O)c3ccc4ccccc4c3)C2)cc1. The van der Waals surface area contributed by atoms with Crippen molar-refractivity contribution in [3.63, 3.8) is 0 Å². The molecule has 1 heterocycles. The summed E-state index contributed by atoms with van der Waals surface area (Å²) in [5.41, 5.74) is 3.04. The van der Waals surface area contributed by atoms with E-state index in [0.717, 1.165) is 27.1 Å². The molecule has 9 nitrogen and oxygen atoms in total. The van der Waals surface area contributed by atoms with E-state index in [1.54, 1.807) is 31.0 Å². The van der Waals surface area contributed by atoms with E-state index >= 15 is 0 Å². The molecule has 2 unspecified atom stereocenters. The minimum atomic E-state index is -4.03. The molecule has 11 heteroatoms. The Morgan fingerprint density at radius 1 is 1.11 bits per heavy atom. The van der Waals surface area contributed by atoms with Crippen LogP contribution in [-0.2, 0) is 20.6 Å². The Balaban J connectivity index is 1.59. The molecule has 2 amide bonds. The lowest BCUT2D eigenvalue weighted by Crippen LogP contribution is -2.52. The molecule has 3 aromatic rings. The monoisotopic (exact) mass is 529 g/mol. The van der Waals surface area contributed by atoms with Crippen molar-refractivity contribution in [3.8, 4) is 5.75 Å². The van der Waals surface area contributed by atoms with Crippen molar-refractivity contribution in [2.75, 3.05) is 20.7 Å². The van der Waals surface area contributed by atoms with Crippen LogP contribution in [0.15, 0.2) is 71.6 Å². The Kier molecular flexibility index (Phi) is 7.72. The number of likely N-dealkylation sites (N-methyl/N-ethyl adjacent to an activating group) is 1. The Bertz CT molecular complexity index is 1360. The molecule has 2 atom stereocenters. The normalized spacial score (nSPS) is 18.2. The summed E-state index contributed by atoms with van der Waals surface area (Å²) in [6.07, 6.45) is -1.14. The summed E-state index contributed by atoms with van der Waals surface area (Å²) in [6, 6.07) is 18.9. The number of nitrogens with zero attached hydrogens (tertiary/aromatic N) is 2. The summed E-state index contributed by atoms with van der Waals surface area (Å²) in [6.45, 7) is 0.132. The van der Waals surface area contributed by atoms with Gasteiger partial charge in [0.15, 0.2) is 0 Å². The number of nitrogens with one attached hydrogen (secondary N) is 1. The first-order valence-corrected chi connectivity index (χ1v) is 13.7. The van der Waals surface area contributed by atoms with Crippen molar-refractivity contribution in [1.29, 1.82) is 0 Å². The summed E-state index contributed by atoms with van der Waals surface area (Å²) >= 11 is 1.56. The van der Waals surface area contributed by atoms with Crippen LogP contribution in [0.25, 0.3) is 10.8 Å². The van der Waals surface area contributed by atoms with Crippen LogP contribution in [0.4, 0.5) is 4.79 Å². The largest absolute Gasteiger partial charge is 0.497 e. The number of carboxylic acid groups (broad SMARTS) is 1. The number of ether oxygens (including phenoxy) is 1. The van der Waals surface area contributed by atoms with Gasteiger partial charge >= 0.3 is 6.09 Å². The van der Waals surface area contributed by atoms with Crippen molar-refractivity contribution in [1.82, 2.24) is 14.7 Å². The second-order valence-corrected chi connectivity index (χ2v) is 11.6. The molecule has 0 radical (unpaired) electrons. The zero-order valence-electron chi connectivity index (χ0n) is 19.8. The van der Waals surface area contributed by atoms with Crippen LogP contribution in [0.2, 0.25) is 0 Å². The number of rotatable bonds is 7. The highest BCUT2D eigenvalue weighted by molar-refractivity contribution is 7.99. The van der Waals surface area contributed by atoms with E-state index in [4.69, 9.17) is 9.84 Å².